The van der Waals surface area contributed by atoms with Gasteiger partial charge in [0.1, 0.15) is 12.3 Å². The van der Waals surface area contributed by atoms with Crippen LogP contribution in [0.1, 0.15) is 59.8 Å². The Labute approximate surface area is 199 Å². The fraction of sp³-hybridized carbons (Fsp3) is 0.783. The Balaban J connectivity index is 2.37. The molecule has 1 aromatic heterocycles. The lowest BCUT2D eigenvalue weighted by molar-refractivity contribution is -0.0413. The maximum absolute atomic E-state index is 12.6. The second kappa shape index (κ2) is 9.62. The van der Waals surface area contributed by atoms with E-state index in [0.717, 1.165) is 0 Å². The summed E-state index contributed by atoms with van der Waals surface area (Å²) in [6, 6.07) is 1.97. The van der Waals surface area contributed by atoms with Gasteiger partial charge in [0.15, 0.2) is 16.6 Å². The summed E-state index contributed by atoms with van der Waals surface area (Å²) in [5, 5.41) is 9.10. The van der Waals surface area contributed by atoms with E-state index in [1.807, 2.05) is 6.07 Å². The molecule has 1 saturated heterocycles. The molecule has 0 unspecified atom stereocenters. The molecule has 0 bridgehead atoms. The van der Waals surface area contributed by atoms with Gasteiger partial charge in [-0.05, 0) is 36.3 Å². The van der Waals surface area contributed by atoms with Crippen LogP contribution in [0.25, 0.3) is 0 Å². The number of aromatic amines is 1. The lowest BCUT2D eigenvalue weighted by atomic mass is 10.2. The molecule has 0 aromatic carbocycles. The molecule has 2 heterocycles. The van der Waals surface area contributed by atoms with Gasteiger partial charge < -0.3 is 13.6 Å². The standard InChI is InChI=1S/C23H41N3O5Si2/c1-22(2,3)32(7,8)29-15-18-17(31-33(9,10)23(4,5)6)13-19(30-18)26-14-16(11-12-24)20(27)25-21(26)28/h14,17-19H,11,13,15H2,1-10H3,(H,25,27,28)/t17-,18+,19+/m0/s1. The minimum atomic E-state index is -2.11. The zero-order valence-corrected chi connectivity index (χ0v) is 23.9. The molecule has 1 aliphatic rings. The first-order chi connectivity index (χ1) is 14.9. The van der Waals surface area contributed by atoms with E-state index in [1.54, 1.807) is 0 Å². The van der Waals surface area contributed by atoms with E-state index < -0.39 is 34.1 Å². The molecular weight excluding hydrogens is 454 g/mol. The second-order valence-corrected chi connectivity index (χ2v) is 21.6. The van der Waals surface area contributed by atoms with Gasteiger partial charge in [-0.25, -0.2) is 4.79 Å². The van der Waals surface area contributed by atoms with Gasteiger partial charge in [-0.3, -0.25) is 14.3 Å². The normalized spacial score (nSPS) is 22.4. The van der Waals surface area contributed by atoms with Crippen molar-refractivity contribution in [3.05, 3.63) is 32.6 Å². The molecule has 1 fully saturated rings. The fourth-order valence-electron chi connectivity index (χ4n) is 3.16. The van der Waals surface area contributed by atoms with Gasteiger partial charge in [-0.15, -0.1) is 0 Å². The largest absolute Gasteiger partial charge is 0.414 e. The summed E-state index contributed by atoms with van der Waals surface area (Å²) in [5.74, 6) is 0. The Bertz CT molecular complexity index is 996. The van der Waals surface area contributed by atoms with Gasteiger partial charge in [-0.1, -0.05) is 41.5 Å². The van der Waals surface area contributed by atoms with Crippen molar-refractivity contribution in [1.29, 1.82) is 5.26 Å². The number of nitriles is 1. The smallest absolute Gasteiger partial charge is 0.330 e. The molecule has 10 heteroatoms. The quantitative estimate of drug-likeness (QED) is 0.565. The summed E-state index contributed by atoms with van der Waals surface area (Å²) in [7, 11) is -4.13. The van der Waals surface area contributed by atoms with Crippen molar-refractivity contribution in [2.24, 2.45) is 0 Å². The molecular formula is C23H41N3O5Si2. The van der Waals surface area contributed by atoms with Crippen molar-refractivity contribution >= 4 is 16.6 Å². The van der Waals surface area contributed by atoms with Crippen LogP contribution < -0.4 is 11.2 Å². The van der Waals surface area contributed by atoms with Gasteiger partial charge >= 0.3 is 5.69 Å². The highest BCUT2D eigenvalue weighted by Gasteiger charge is 2.46. The van der Waals surface area contributed by atoms with E-state index in [2.05, 4.69) is 72.7 Å². The van der Waals surface area contributed by atoms with Crippen LogP contribution in [0.2, 0.25) is 36.3 Å². The van der Waals surface area contributed by atoms with Crippen LogP contribution in [-0.4, -0.2) is 45.0 Å². The predicted octanol–water partition coefficient (Wildman–Crippen LogP) is 4.30. The van der Waals surface area contributed by atoms with Crippen molar-refractivity contribution in [3.63, 3.8) is 0 Å². The SMILES string of the molecule is CC(C)(C)[Si](C)(C)OC[C@H]1O[C@@H](n2cc(CC#N)c(=O)[nH]c2=O)C[C@@H]1O[Si](C)(C)C(C)(C)C. The van der Waals surface area contributed by atoms with Crippen molar-refractivity contribution in [2.75, 3.05) is 6.61 Å². The summed E-state index contributed by atoms with van der Waals surface area (Å²) in [5.41, 5.74) is -0.852. The van der Waals surface area contributed by atoms with Crippen LogP contribution in [-0.2, 0) is 20.0 Å². The zero-order chi connectivity index (χ0) is 25.4. The van der Waals surface area contributed by atoms with Gasteiger partial charge in [0.05, 0.1) is 25.2 Å². The molecule has 0 radical (unpaired) electrons. The first-order valence-electron chi connectivity index (χ1n) is 11.6. The van der Waals surface area contributed by atoms with E-state index in [-0.39, 0.29) is 34.3 Å². The van der Waals surface area contributed by atoms with E-state index in [1.165, 1.54) is 10.8 Å². The van der Waals surface area contributed by atoms with E-state index in [0.29, 0.717) is 13.0 Å². The van der Waals surface area contributed by atoms with Gasteiger partial charge in [0, 0.05) is 18.2 Å². The number of nitrogens with one attached hydrogen (secondary N) is 1. The second-order valence-electron chi connectivity index (χ2n) is 12.0. The molecule has 2 rings (SSSR count). The average Bonchev–Trinajstić information content (AvgIpc) is 3.02. The number of H-pyrrole nitrogens is 1. The number of aromatic nitrogens is 2. The lowest BCUT2D eigenvalue weighted by Crippen LogP contribution is -2.48. The molecule has 0 spiro atoms. The van der Waals surface area contributed by atoms with E-state index in [4.69, 9.17) is 18.9 Å². The monoisotopic (exact) mass is 495 g/mol. The first kappa shape index (κ1) is 27.7. The number of hydrogen-bond acceptors (Lipinski definition) is 6. The van der Waals surface area contributed by atoms with Crippen LogP contribution >= 0.6 is 0 Å². The predicted molar refractivity (Wildman–Crippen MR) is 134 cm³/mol. The molecule has 0 amide bonds. The Morgan fingerprint density at radius 1 is 1.12 bits per heavy atom. The summed E-state index contributed by atoms with van der Waals surface area (Å²) in [6.07, 6.45) is 0.653. The van der Waals surface area contributed by atoms with Gasteiger partial charge in [-0.2, -0.15) is 5.26 Å². The molecule has 3 atom stereocenters. The summed E-state index contributed by atoms with van der Waals surface area (Å²) in [6.45, 7) is 22.3. The highest BCUT2D eigenvalue weighted by atomic mass is 28.4. The van der Waals surface area contributed by atoms with Crippen LogP contribution in [0, 0.1) is 11.3 Å². The lowest BCUT2D eigenvalue weighted by Gasteiger charge is -2.40. The van der Waals surface area contributed by atoms with Crippen LogP contribution in [0.3, 0.4) is 0 Å². The minimum Gasteiger partial charge on any atom is -0.414 e. The number of ether oxygens (including phenoxy) is 1. The molecule has 1 aliphatic heterocycles. The fourth-order valence-corrected chi connectivity index (χ4v) is 5.53. The minimum absolute atomic E-state index is 0.0186. The molecule has 8 nitrogen and oxygen atoms in total. The Morgan fingerprint density at radius 2 is 1.70 bits per heavy atom. The molecule has 186 valence electrons. The van der Waals surface area contributed by atoms with E-state index >= 15 is 0 Å². The van der Waals surface area contributed by atoms with Crippen molar-refractivity contribution in [2.45, 2.75) is 109 Å². The Kier molecular flexibility index (Phi) is 8.08. The van der Waals surface area contributed by atoms with Crippen molar-refractivity contribution in [1.82, 2.24) is 9.55 Å². The Morgan fingerprint density at radius 3 is 2.21 bits per heavy atom. The summed E-state index contributed by atoms with van der Waals surface area (Å²) >= 11 is 0. The maximum Gasteiger partial charge on any atom is 0.330 e. The third-order valence-corrected chi connectivity index (χ3v) is 16.5. The Hall–Kier alpha value is -1.52. The molecule has 1 aromatic rings. The van der Waals surface area contributed by atoms with Gasteiger partial charge in [0.2, 0.25) is 0 Å². The van der Waals surface area contributed by atoms with E-state index in [9.17, 15) is 9.59 Å². The topological polar surface area (TPSA) is 106 Å². The van der Waals surface area contributed by atoms with Crippen LogP contribution in [0.4, 0.5) is 0 Å². The summed E-state index contributed by atoms with van der Waals surface area (Å²) < 4.78 is 20.9. The highest BCUT2D eigenvalue weighted by Crippen LogP contribution is 2.42. The first-order valence-corrected chi connectivity index (χ1v) is 17.4. The molecule has 0 aliphatic carbocycles. The molecule has 1 N–H and O–H groups in total. The third kappa shape index (κ3) is 6.33. The number of rotatable bonds is 7. The van der Waals surface area contributed by atoms with Crippen LogP contribution in [0.5, 0.6) is 0 Å². The third-order valence-electron chi connectivity index (χ3n) is 7.47. The number of hydrogen-bond donors (Lipinski definition) is 1. The van der Waals surface area contributed by atoms with Crippen LogP contribution in [0.15, 0.2) is 15.8 Å². The molecule has 0 saturated carbocycles. The highest BCUT2D eigenvalue weighted by molar-refractivity contribution is 6.74. The molecule has 33 heavy (non-hydrogen) atoms. The maximum atomic E-state index is 12.6. The van der Waals surface area contributed by atoms with Crippen molar-refractivity contribution in [3.8, 4) is 6.07 Å². The number of nitrogens with zero attached hydrogens (tertiary/aromatic N) is 2. The van der Waals surface area contributed by atoms with Crippen molar-refractivity contribution < 1.29 is 13.6 Å². The zero-order valence-electron chi connectivity index (χ0n) is 21.9. The summed E-state index contributed by atoms with van der Waals surface area (Å²) in [4.78, 5) is 26.9. The van der Waals surface area contributed by atoms with Gasteiger partial charge in [0.25, 0.3) is 5.56 Å². The average molecular weight is 496 g/mol.